The molecule has 6 nitrogen and oxygen atoms in total. The fraction of sp³-hybridized carbons (Fsp3) is 0.136. The molecule has 0 saturated carbocycles. The lowest BCUT2D eigenvalue weighted by Crippen LogP contribution is -2.30. The van der Waals surface area contributed by atoms with E-state index in [2.05, 4.69) is 10.0 Å². The van der Waals surface area contributed by atoms with Gasteiger partial charge in [0.1, 0.15) is 11.6 Å². The highest BCUT2D eigenvalue weighted by atomic mass is 32.2. The lowest BCUT2D eigenvalue weighted by Gasteiger charge is -2.15. The third-order valence-electron chi connectivity index (χ3n) is 4.23. The van der Waals surface area contributed by atoms with Crippen LogP contribution >= 0.6 is 0 Å². The summed E-state index contributed by atoms with van der Waals surface area (Å²) in [6.45, 7) is 3.58. The molecule has 1 atom stereocenters. The maximum absolute atomic E-state index is 13.0. The molecule has 0 saturated heterocycles. The summed E-state index contributed by atoms with van der Waals surface area (Å²) in [5.74, 6) is -0.245. The van der Waals surface area contributed by atoms with Crippen LogP contribution in [0.2, 0.25) is 0 Å². The summed E-state index contributed by atoms with van der Waals surface area (Å²) in [7, 11) is -3.84. The standard InChI is InChI=1S/C22H21FN2O4S/c1-15-3-11-20(12-4-15)29-16(2)22(26)24-18-9-13-21(14-10-18)30(27,28)25-19-7-5-17(23)6-8-19/h3-14,16,25H,1-2H3,(H,24,26)/t16-/m1/s1. The number of amides is 1. The van der Waals surface area contributed by atoms with E-state index in [-0.39, 0.29) is 16.5 Å². The Kier molecular flexibility index (Phi) is 6.37. The van der Waals surface area contributed by atoms with Crippen LogP contribution < -0.4 is 14.8 Å². The minimum atomic E-state index is -3.84. The summed E-state index contributed by atoms with van der Waals surface area (Å²) in [4.78, 5) is 12.3. The zero-order chi connectivity index (χ0) is 21.7. The van der Waals surface area contributed by atoms with Crippen molar-refractivity contribution in [1.29, 1.82) is 0 Å². The number of aryl methyl sites for hydroxylation is 1. The van der Waals surface area contributed by atoms with Crippen LogP contribution in [0.25, 0.3) is 0 Å². The van der Waals surface area contributed by atoms with E-state index in [1.165, 1.54) is 36.4 Å². The van der Waals surface area contributed by atoms with Gasteiger partial charge in [-0.3, -0.25) is 9.52 Å². The highest BCUT2D eigenvalue weighted by Gasteiger charge is 2.17. The molecule has 8 heteroatoms. The van der Waals surface area contributed by atoms with Crippen LogP contribution in [0.5, 0.6) is 5.75 Å². The third kappa shape index (κ3) is 5.57. The lowest BCUT2D eigenvalue weighted by molar-refractivity contribution is -0.122. The molecule has 3 aromatic rings. The maximum Gasteiger partial charge on any atom is 0.265 e. The first-order valence-corrected chi connectivity index (χ1v) is 10.6. The molecule has 30 heavy (non-hydrogen) atoms. The zero-order valence-electron chi connectivity index (χ0n) is 16.4. The molecular weight excluding hydrogens is 407 g/mol. The summed E-state index contributed by atoms with van der Waals surface area (Å²) >= 11 is 0. The number of ether oxygens (including phenoxy) is 1. The molecule has 0 aromatic heterocycles. The quantitative estimate of drug-likeness (QED) is 0.586. The third-order valence-corrected chi connectivity index (χ3v) is 5.63. The molecule has 3 aromatic carbocycles. The average molecular weight is 428 g/mol. The molecule has 1 amide bonds. The van der Waals surface area contributed by atoms with Crippen LogP contribution in [0.1, 0.15) is 12.5 Å². The van der Waals surface area contributed by atoms with E-state index in [1.807, 2.05) is 19.1 Å². The summed E-state index contributed by atoms with van der Waals surface area (Å²) in [5, 5.41) is 2.69. The molecule has 0 bridgehead atoms. The largest absolute Gasteiger partial charge is 0.481 e. The van der Waals surface area contributed by atoms with Crippen LogP contribution in [-0.2, 0) is 14.8 Å². The molecular formula is C22H21FN2O4S. The second kappa shape index (κ2) is 8.96. The first-order chi connectivity index (χ1) is 14.2. The fourth-order valence-electron chi connectivity index (χ4n) is 2.57. The van der Waals surface area contributed by atoms with Crippen molar-refractivity contribution in [1.82, 2.24) is 0 Å². The number of hydrogen-bond donors (Lipinski definition) is 2. The van der Waals surface area contributed by atoms with Gasteiger partial charge in [0, 0.05) is 11.4 Å². The normalized spacial score (nSPS) is 12.1. The molecule has 156 valence electrons. The van der Waals surface area contributed by atoms with Crippen LogP contribution in [0.15, 0.2) is 77.7 Å². The van der Waals surface area contributed by atoms with Crippen LogP contribution in [-0.4, -0.2) is 20.4 Å². The average Bonchev–Trinajstić information content (AvgIpc) is 2.71. The topological polar surface area (TPSA) is 84.5 Å². The molecule has 0 aliphatic heterocycles. The van der Waals surface area contributed by atoms with E-state index in [0.717, 1.165) is 17.7 Å². The number of carbonyl (C=O) groups excluding carboxylic acids is 1. The fourth-order valence-corrected chi connectivity index (χ4v) is 3.63. The molecule has 0 spiro atoms. The Hall–Kier alpha value is -3.39. The molecule has 0 aliphatic rings. The molecule has 0 fully saturated rings. The van der Waals surface area contributed by atoms with Gasteiger partial charge in [0.15, 0.2) is 6.10 Å². The Bertz CT molecular complexity index is 1110. The summed E-state index contributed by atoms with van der Waals surface area (Å²) in [5.41, 5.74) is 1.76. The number of sulfonamides is 1. The van der Waals surface area contributed by atoms with Gasteiger partial charge in [-0.25, -0.2) is 12.8 Å². The van der Waals surface area contributed by atoms with Crippen molar-refractivity contribution in [2.24, 2.45) is 0 Å². The van der Waals surface area contributed by atoms with Crippen LogP contribution in [0.3, 0.4) is 0 Å². The van der Waals surface area contributed by atoms with Gasteiger partial charge in [-0.1, -0.05) is 17.7 Å². The Morgan fingerprint density at radius 2 is 1.47 bits per heavy atom. The molecule has 0 heterocycles. The van der Waals surface area contributed by atoms with Crippen LogP contribution in [0, 0.1) is 12.7 Å². The Labute approximate surface area is 174 Å². The smallest absolute Gasteiger partial charge is 0.265 e. The lowest BCUT2D eigenvalue weighted by atomic mass is 10.2. The minimum Gasteiger partial charge on any atom is -0.481 e. The van der Waals surface area contributed by atoms with Crippen molar-refractivity contribution in [3.05, 3.63) is 84.2 Å². The van der Waals surface area contributed by atoms with Crippen LogP contribution in [0.4, 0.5) is 15.8 Å². The maximum atomic E-state index is 13.0. The van der Waals surface area contributed by atoms with Crippen molar-refractivity contribution in [2.75, 3.05) is 10.0 Å². The van der Waals surface area contributed by atoms with E-state index in [1.54, 1.807) is 19.1 Å². The number of anilines is 2. The predicted octanol–water partition coefficient (Wildman–Crippen LogP) is 4.34. The van der Waals surface area contributed by atoms with E-state index in [9.17, 15) is 17.6 Å². The number of carbonyl (C=O) groups is 1. The van der Waals surface area contributed by atoms with Crippen molar-refractivity contribution < 1.29 is 22.3 Å². The molecule has 2 N–H and O–H groups in total. The summed E-state index contributed by atoms with van der Waals surface area (Å²) in [6.07, 6.45) is -0.740. The monoisotopic (exact) mass is 428 g/mol. The number of nitrogens with one attached hydrogen (secondary N) is 2. The van der Waals surface area contributed by atoms with Gasteiger partial charge in [0.25, 0.3) is 15.9 Å². The summed E-state index contributed by atoms with van der Waals surface area (Å²) in [6, 6.07) is 18.0. The molecule has 3 rings (SSSR count). The Balaban J connectivity index is 1.62. The second-order valence-electron chi connectivity index (χ2n) is 6.70. The molecule has 0 radical (unpaired) electrons. The highest BCUT2D eigenvalue weighted by molar-refractivity contribution is 7.92. The second-order valence-corrected chi connectivity index (χ2v) is 8.38. The Morgan fingerprint density at radius 1 is 0.900 bits per heavy atom. The van der Waals surface area contributed by atoms with Gasteiger partial charge in [-0.2, -0.15) is 0 Å². The number of rotatable bonds is 7. The molecule has 0 aliphatic carbocycles. The van der Waals surface area contributed by atoms with E-state index < -0.39 is 21.9 Å². The van der Waals surface area contributed by atoms with Crippen molar-refractivity contribution in [3.8, 4) is 5.75 Å². The minimum absolute atomic E-state index is 0.00813. The number of halogens is 1. The van der Waals surface area contributed by atoms with Gasteiger partial charge in [-0.15, -0.1) is 0 Å². The van der Waals surface area contributed by atoms with E-state index >= 15 is 0 Å². The number of hydrogen-bond acceptors (Lipinski definition) is 4. The Morgan fingerprint density at radius 3 is 2.07 bits per heavy atom. The first kappa shape index (κ1) is 21.3. The predicted molar refractivity (Wildman–Crippen MR) is 114 cm³/mol. The first-order valence-electron chi connectivity index (χ1n) is 9.15. The van der Waals surface area contributed by atoms with Crippen molar-refractivity contribution >= 4 is 27.3 Å². The summed E-state index contributed by atoms with van der Waals surface area (Å²) < 4.78 is 45.8. The van der Waals surface area contributed by atoms with Gasteiger partial charge in [-0.05, 0) is 74.5 Å². The highest BCUT2D eigenvalue weighted by Crippen LogP contribution is 2.19. The van der Waals surface area contributed by atoms with E-state index in [4.69, 9.17) is 4.74 Å². The number of benzene rings is 3. The van der Waals surface area contributed by atoms with Crippen molar-refractivity contribution in [3.63, 3.8) is 0 Å². The van der Waals surface area contributed by atoms with Crippen molar-refractivity contribution in [2.45, 2.75) is 24.8 Å². The van der Waals surface area contributed by atoms with Gasteiger partial charge in [0.2, 0.25) is 0 Å². The SMILES string of the molecule is Cc1ccc(O[C@H](C)C(=O)Nc2ccc(S(=O)(=O)Nc3ccc(F)cc3)cc2)cc1. The van der Waals surface area contributed by atoms with Gasteiger partial charge in [0.05, 0.1) is 4.90 Å². The van der Waals surface area contributed by atoms with Gasteiger partial charge >= 0.3 is 0 Å². The van der Waals surface area contributed by atoms with Gasteiger partial charge < -0.3 is 10.1 Å². The molecule has 0 unspecified atom stereocenters. The zero-order valence-corrected chi connectivity index (χ0v) is 17.2. The van der Waals surface area contributed by atoms with E-state index in [0.29, 0.717) is 11.4 Å².